The highest BCUT2D eigenvalue weighted by Gasteiger charge is 2.30. The average molecular weight is 415 g/mol. The number of guanidine groups is 1. The van der Waals surface area contributed by atoms with E-state index in [1.165, 1.54) is 6.07 Å². The Hall–Kier alpha value is -0.990. The highest BCUT2D eigenvalue weighted by Crippen LogP contribution is 2.29. The lowest BCUT2D eigenvalue weighted by atomic mass is 10.1. The van der Waals surface area contributed by atoms with Crippen molar-refractivity contribution >= 4 is 29.9 Å². The molecular weight excluding hydrogens is 394 g/mol. The average Bonchev–Trinajstić information content (AvgIpc) is 2.42. The van der Waals surface area contributed by atoms with Gasteiger partial charge in [0, 0.05) is 20.1 Å². The zero-order chi connectivity index (χ0) is 15.0. The molecule has 1 aromatic rings. The topological polar surface area (TPSA) is 36.4 Å². The lowest BCUT2D eigenvalue weighted by Crippen LogP contribution is -2.37. The highest BCUT2D eigenvalue weighted by molar-refractivity contribution is 14.0. The van der Waals surface area contributed by atoms with Gasteiger partial charge < -0.3 is 10.6 Å². The molecule has 0 unspecified atom stereocenters. The molecule has 0 radical (unpaired) electrons. The number of halogens is 4. The Morgan fingerprint density at radius 3 is 2.52 bits per heavy atom. The summed E-state index contributed by atoms with van der Waals surface area (Å²) >= 11 is 0. The third-order valence-corrected chi connectivity index (χ3v) is 2.76. The van der Waals surface area contributed by atoms with Gasteiger partial charge in [-0.05, 0) is 24.1 Å². The second-order valence-electron chi connectivity index (χ2n) is 4.40. The number of hydrogen-bond donors (Lipinski definition) is 2. The molecule has 0 atom stereocenters. The number of benzene rings is 1. The minimum Gasteiger partial charge on any atom is -0.356 e. The van der Waals surface area contributed by atoms with Crippen LogP contribution in [0, 0.1) is 0 Å². The van der Waals surface area contributed by atoms with Crippen molar-refractivity contribution in [1.82, 2.24) is 10.6 Å². The smallest absolute Gasteiger partial charge is 0.356 e. The van der Waals surface area contributed by atoms with Crippen LogP contribution in [-0.4, -0.2) is 19.6 Å². The third-order valence-electron chi connectivity index (χ3n) is 2.76. The van der Waals surface area contributed by atoms with Crippen LogP contribution in [0.3, 0.4) is 0 Å². The summed E-state index contributed by atoms with van der Waals surface area (Å²) in [5, 5.41) is 6.10. The van der Waals surface area contributed by atoms with Crippen molar-refractivity contribution in [3.05, 3.63) is 35.4 Å². The van der Waals surface area contributed by atoms with Crippen molar-refractivity contribution in [2.24, 2.45) is 4.99 Å². The van der Waals surface area contributed by atoms with E-state index >= 15 is 0 Å². The third kappa shape index (κ3) is 7.54. The number of rotatable bonds is 5. The van der Waals surface area contributed by atoms with E-state index in [-0.39, 0.29) is 24.0 Å². The van der Waals surface area contributed by atoms with Gasteiger partial charge in [0.2, 0.25) is 0 Å². The minimum absolute atomic E-state index is 0. The molecule has 0 aliphatic rings. The standard InChI is InChI=1S/C14H20F3N3.HI/c1-3-4-8-19-13(18-2)20-10-11-6-5-7-12(9-11)14(15,16)17;/h5-7,9H,3-4,8,10H2,1-2H3,(H2,18,19,20);1H. The fourth-order valence-corrected chi connectivity index (χ4v) is 1.65. The van der Waals surface area contributed by atoms with Crippen molar-refractivity contribution in [2.45, 2.75) is 32.5 Å². The van der Waals surface area contributed by atoms with Crippen LogP contribution < -0.4 is 10.6 Å². The Labute approximate surface area is 140 Å². The molecule has 0 fully saturated rings. The molecule has 120 valence electrons. The normalized spacial score (nSPS) is 11.8. The van der Waals surface area contributed by atoms with Crippen molar-refractivity contribution in [2.75, 3.05) is 13.6 Å². The first-order chi connectivity index (χ1) is 9.47. The van der Waals surface area contributed by atoms with E-state index in [9.17, 15) is 13.2 Å². The molecule has 21 heavy (non-hydrogen) atoms. The summed E-state index contributed by atoms with van der Waals surface area (Å²) in [4.78, 5) is 4.02. The summed E-state index contributed by atoms with van der Waals surface area (Å²) in [6.07, 6.45) is -2.22. The summed E-state index contributed by atoms with van der Waals surface area (Å²) in [6, 6.07) is 5.28. The number of aliphatic imine (C=N–C) groups is 1. The molecule has 0 amide bonds. The van der Waals surface area contributed by atoms with Gasteiger partial charge in [-0.15, -0.1) is 24.0 Å². The van der Waals surface area contributed by atoms with E-state index in [2.05, 4.69) is 22.5 Å². The predicted octanol–water partition coefficient (Wildman–Crippen LogP) is 3.79. The molecule has 0 bridgehead atoms. The van der Waals surface area contributed by atoms with E-state index in [0.29, 0.717) is 18.1 Å². The summed E-state index contributed by atoms with van der Waals surface area (Å²) < 4.78 is 37.7. The van der Waals surface area contributed by atoms with E-state index in [4.69, 9.17) is 0 Å². The van der Waals surface area contributed by atoms with Crippen LogP contribution in [0.2, 0.25) is 0 Å². The second-order valence-corrected chi connectivity index (χ2v) is 4.40. The van der Waals surface area contributed by atoms with Crippen molar-refractivity contribution in [3.63, 3.8) is 0 Å². The first kappa shape index (κ1) is 20.0. The molecule has 1 rings (SSSR count). The molecule has 1 aromatic carbocycles. The molecule has 0 aromatic heterocycles. The maximum absolute atomic E-state index is 12.6. The van der Waals surface area contributed by atoms with Crippen LogP contribution in [0.1, 0.15) is 30.9 Å². The Balaban J connectivity index is 0.00000400. The van der Waals surface area contributed by atoms with Crippen LogP contribution in [0.5, 0.6) is 0 Å². The fraction of sp³-hybridized carbons (Fsp3) is 0.500. The van der Waals surface area contributed by atoms with Gasteiger partial charge in [0.05, 0.1) is 5.56 Å². The largest absolute Gasteiger partial charge is 0.416 e. The van der Waals surface area contributed by atoms with Crippen LogP contribution in [-0.2, 0) is 12.7 Å². The van der Waals surface area contributed by atoms with Crippen molar-refractivity contribution < 1.29 is 13.2 Å². The first-order valence-electron chi connectivity index (χ1n) is 6.58. The zero-order valence-corrected chi connectivity index (χ0v) is 14.5. The maximum atomic E-state index is 12.6. The molecule has 0 saturated heterocycles. The Morgan fingerprint density at radius 1 is 1.24 bits per heavy atom. The quantitative estimate of drug-likeness (QED) is 0.332. The number of nitrogens with one attached hydrogen (secondary N) is 2. The molecule has 0 spiro atoms. The summed E-state index contributed by atoms with van der Waals surface area (Å²) in [7, 11) is 1.63. The minimum atomic E-state index is -4.31. The number of nitrogens with zero attached hydrogens (tertiary/aromatic N) is 1. The molecule has 0 aliphatic carbocycles. The first-order valence-corrected chi connectivity index (χ1v) is 6.58. The lowest BCUT2D eigenvalue weighted by Gasteiger charge is -2.13. The molecule has 0 saturated carbocycles. The predicted molar refractivity (Wildman–Crippen MR) is 90.0 cm³/mol. The second kappa shape index (κ2) is 9.86. The van der Waals surface area contributed by atoms with E-state index in [0.717, 1.165) is 31.5 Å². The van der Waals surface area contributed by atoms with Gasteiger partial charge in [0.1, 0.15) is 0 Å². The Kier molecular flexibility index (Phi) is 9.39. The molecule has 0 heterocycles. The maximum Gasteiger partial charge on any atom is 0.416 e. The fourth-order valence-electron chi connectivity index (χ4n) is 1.65. The van der Waals surface area contributed by atoms with Crippen molar-refractivity contribution in [1.29, 1.82) is 0 Å². The van der Waals surface area contributed by atoms with Gasteiger partial charge in [0.25, 0.3) is 0 Å². The van der Waals surface area contributed by atoms with Gasteiger partial charge in [-0.3, -0.25) is 4.99 Å². The Morgan fingerprint density at radius 2 is 1.95 bits per heavy atom. The summed E-state index contributed by atoms with van der Waals surface area (Å²) in [5.74, 6) is 0.593. The van der Waals surface area contributed by atoms with E-state index < -0.39 is 11.7 Å². The molecule has 0 aliphatic heterocycles. The zero-order valence-electron chi connectivity index (χ0n) is 12.1. The SMILES string of the molecule is CCCCNC(=NC)NCc1cccc(C(F)(F)F)c1.I. The Bertz CT molecular complexity index is 447. The summed E-state index contributed by atoms with van der Waals surface area (Å²) in [5.41, 5.74) is -0.0657. The molecule has 7 heteroatoms. The van der Waals surface area contributed by atoms with Gasteiger partial charge in [-0.25, -0.2) is 0 Å². The highest BCUT2D eigenvalue weighted by atomic mass is 127. The van der Waals surface area contributed by atoms with Crippen LogP contribution in [0.15, 0.2) is 29.3 Å². The van der Waals surface area contributed by atoms with Crippen LogP contribution >= 0.6 is 24.0 Å². The number of hydrogen-bond acceptors (Lipinski definition) is 1. The van der Waals surface area contributed by atoms with Gasteiger partial charge in [-0.2, -0.15) is 13.2 Å². The van der Waals surface area contributed by atoms with Crippen molar-refractivity contribution in [3.8, 4) is 0 Å². The lowest BCUT2D eigenvalue weighted by molar-refractivity contribution is -0.137. The van der Waals surface area contributed by atoms with Crippen LogP contribution in [0.4, 0.5) is 13.2 Å². The van der Waals surface area contributed by atoms with Gasteiger partial charge >= 0.3 is 6.18 Å². The van der Waals surface area contributed by atoms with Gasteiger partial charge in [0.15, 0.2) is 5.96 Å². The molecule has 2 N–H and O–H groups in total. The molecular formula is C14H21F3IN3. The summed E-state index contributed by atoms with van der Waals surface area (Å²) in [6.45, 7) is 3.18. The number of alkyl halides is 3. The van der Waals surface area contributed by atoms with Gasteiger partial charge in [-0.1, -0.05) is 25.5 Å². The van der Waals surface area contributed by atoms with Crippen LogP contribution in [0.25, 0.3) is 0 Å². The van der Waals surface area contributed by atoms with E-state index in [1.807, 2.05) is 0 Å². The molecule has 3 nitrogen and oxygen atoms in total. The van der Waals surface area contributed by atoms with E-state index in [1.54, 1.807) is 13.1 Å². The monoisotopic (exact) mass is 415 g/mol. The number of unbranched alkanes of at least 4 members (excludes halogenated alkanes) is 1.